The van der Waals surface area contributed by atoms with Gasteiger partial charge in [-0.3, -0.25) is 0 Å². The molecule has 1 rings (SSSR count). The van der Waals surface area contributed by atoms with E-state index in [1.165, 1.54) is 45.6 Å². The van der Waals surface area contributed by atoms with Crippen molar-refractivity contribution in [3.8, 4) is 0 Å². The smallest absolute Gasteiger partial charge is 0.329 e. The molecule has 3 unspecified atom stereocenters. The van der Waals surface area contributed by atoms with Gasteiger partial charge in [0.2, 0.25) is 0 Å². The molecule has 0 aromatic heterocycles. The Labute approximate surface area is 113 Å². The van der Waals surface area contributed by atoms with Crippen molar-refractivity contribution >= 4 is 5.97 Å². The van der Waals surface area contributed by atoms with Crippen LogP contribution in [0.2, 0.25) is 0 Å². The molecule has 0 spiro atoms. The first-order valence-electron chi connectivity index (χ1n) is 7.25. The first kappa shape index (κ1) is 17.2. The van der Waals surface area contributed by atoms with Crippen molar-refractivity contribution in [1.82, 2.24) is 0 Å². The van der Waals surface area contributed by atoms with Crippen molar-refractivity contribution < 1.29 is 9.53 Å². The Hall–Kier alpha value is -0.790. The number of ether oxygens (including phenoxy) is 1. The Morgan fingerprint density at radius 2 is 1.89 bits per heavy atom. The van der Waals surface area contributed by atoms with Crippen LogP contribution < -0.4 is 0 Å². The van der Waals surface area contributed by atoms with E-state index in [4.69, 9.17) is 0 Å². The van der Waals surface area contributed by atoms with Crippen molar-refractivity contribution in [3.05, 3.63) is 12.7 Å². The van der Waals surface area contributed by atoms with Gasteiger partial charge in [-0.2, -0.15) is 0 Å². The number of carbonyl (C=O) groups excluding carboxylic acids is 1. The molecular weight excluding hydrogens is 224 g/mol. The molecule has 0 aromatic rings. The highest BCUT2D eigenvalue weighted by Crippen LogP contribution is 2.31. The summed E-state index contributed by atoms with van der Waals surface area (Å²) in [5, 5.41) is 0. The third-order valence-electron chi connectivity index (χ3n) is 4.14. The topological polar surface area (TPSA) is 26.3 Å². The van der Waals surface area contributed by atoms with E-state index in [2.05, 4.69) is 32.1 Å². The van der Waals surface area contributed by atoms with E-state index >= 15 is 0 Å². The van der Waals surface area contributed by atoms with Gasteiger partial charge in [0.05, 0.1) is 7.11 Å². The largest absolute Gasteiger partial charge is 0.466 e. The van der Waals surface area contributed by atoms with Gasteiger partial charge in [0.15, 0.2) is 0 Å². The monoisotopic (exact) mass is 254 g/mol. The van der Waals surface area contributed by atoms with Crippen LogP contribution in [-0.4, -0.2) is 13.1 Å². The lowest BCUT2D eigenvalue weighted by Gasteiger charge is -2.27. The Morgan fingerprint density at radius 3 is 2.33 bits per heavy atom. The summed E-state index contributed by atoms with van der Waals surface area (Å²) in [6.07, 6.45) is 9.91. The Bertz CT molecular complexity index is 235. The van der Waals surface area contributed by atoms with Crippen LogP contribution in [-0.2, 0) is 9.53 Å². The van der Waals surface area contributed by atoms with Crippen LogP contribution in [0.3, 0.4) is 0 Å². The molecule has 1 aliphatic rings. The minimum absolute atomic E-state index is 0.394. The summed E-state index contributed by atoms with van der Waals surface area (Å²) in [4.78, 5) is 9.84. The maximum absolute atomic E-state index is 9.84. The van der Waals surface area contributed by atoms with Gasteiger partial charge in [0.1, 0.15) is 0 Å². The molecule has 1 aliphatic carbocycles. The summed E-state index contributed by atoms with van der Waals surface area (Å²) in [5.41, 5.74) is 0. The second-order valence-corrected chi connectivity index (χ2v) is 5.48. The van der Waals surface area contributed by atoms with Crippen LogP contribution in [0.4, 0.5) is 0 Å². The number of rotatable bonds is 2. The molecule has 1 fully saturated rings. The van der Waals surface area contributed by atoms with Crippen LogP contribution >= 0.6 is 0 Å². The fraction of sp³-hybridized carbons (Fsp3) is 0.812. The molecule has 18 heavy (non-hydrogen) atoms. The van der Waals surface area contributed by atoms with E-state index in [0.717, 1.165) is 23.8 Å². The van der Waals surface area contributed by atoms with Crippen LogP contribution in [0.5, 0.6) is 0 Å². The highest BCUT2D eigenvalue weighted by Gasteiger charge is 2.19. The average molecular weight is 254 g/mol. The summed E-state index contributed by atoms with van der Waals surface area (Å²) in [5.74, 6) is 2.58. The first-order valence-corrected chi connectivity index (χ1v) is 7.25. The number of hydrogen-bond acceptors (Lipinski definition) is 2. The van der Waals surface area contributed by atoms with Crippen LogP contribution in [0.15, 0.2) is 12.7 Å². The van der Waals surface area contributed by atoms with E-state index in [-0.39, 0.29) is 0 Å². The van der Waals surface area contributed by atoms with Gasteiger partial charge < -0.3 is 4.74 Å². The highest BCUT2D eigenvalue weighted by molar-refractivity contribution is 5.80. The number of carbonyl (C=O) groups is 1. The maximum atomic E-state index is 9.84. The van der Waals surface area contributed by atoms with Gasteiger partial charge in [0, 0.05) is 6.08 Å². The van der Waals surface area contributed by atoms with Gasteiger partial charge >= 0.3 is 5.97 Å². The second kappa shape index (κ2) is 10.2. The lowest BCUT2D eigenvalue weighted by molar-refractivity contribution is -0.134. The minimum atomic E-state index is -0.394. The molecule has 0 radical (unpaired) electrons. The summed E-state index contributed by atoms with van der Waals surface area (Å²) >= 11 is 0. The third kappa shape index (κ3) is 7.52. The normalized spacial score (nSPS) is 28.1. The molecule has 2 nitrogen and oxygen atoms in total. The Balaban J connectivity index is 0.000000411. The summed E-state index contributed by atoms with van der Waals surface area (Å²) in [7, 11) is 1.31. The van der Waals surface area contributed by atoms with Crippen LogP contribution in [0.25, 0.3) is 0 Å². The third-order valence-corrected chi connectivity index (χ3v) is 4.14. The van der Waals surface area contributed by atoms with Crippen LogP contribution in [0.1, 0.15) is 59.3 Å². The molecule has 106 valence electrons. The molecule has 0 saturated heterocycles. The summed E-state index contributed by atoms with van der Waals surface area (Å²) < 4.78 is 4.14. The number of esters is 1. The van der Waals surface area contributed by atoms with Gasteiger partial charge in [-0.25, -0.2) is 4.79 Å². The van der Waals surface area contributed by atoms with E-state index in [9.17, 15) is 4.79 Å². The molecule has 2 heteroatoms. The van der Waals surface area contributed by atoms with E-state index in [0.29, 0.717) is 0 Å². The van der Waals surface area contributed by atoms with Crippen molar-refractivity contribution in [3.63, 3.8) is 0 Å². The lowest BCUT2D eigenvalue weighted by atomic mass is 9.78. The highest BCUT2D eigenvalue weighted by atomic mass is 16.5. The van der Waals surface area contributed by atoms with Crippen molar-refractivity contribution in [2.75, 3.05) is 7.11 Å². The first-order chi connectivity index (χ1) is 8.54. The zero-order valence-electron chi connectivity index (χ0n) is 12.6. The van der Waals surface area contributed by atoms with Gasteiger partial charge in [-0.05, 0) is 24.2 Å². The maximum Gasteiger partial charge on any atom is 0.329 e. The van der Waals surface area contributed by atoms with E-state index < -0.39 is 5.97 Å². The molecule has 1 saturated carbocycles. The molecule has 0 amide bonds. The predicted octanol–water partition coefficient (Wildman–Crippen LogP) is 4.59. The average Bonchev–Trinajstić information content (AvgIpc) is 2.39. The zero-order valence-corrected chi connectivity index (χ0v) is 12.6. The minimum Gasteiger partial charge on any atom is -0.466 e. The van der Waals surface area contributed by atoms with Crippen molar-refractivity contribution in [2.45, 2.75) is 59.3 Å². The summed E-state index contributed by atoms with van der Waals surface area (Å²) in [6.45, 7) is 10.4. The molecule has 0 bridgehead atoms. The Morgan fingerprint density at radius 1 is 1.28 bits per heavy atom. The van der Waals surface area contributed by atoms with E-state index in [1.54, 1.807) is 0 Å². The lowest BCUT2D eigenvalue weighted by Crippen LogP contribution is -2.16. The molecule has 0 aromatic carbocycles. The van der Waals surface area contributed by atoms with Gasteiger partial charge in [-0.15, -0.1) is 0 Å². The molecular formula is C16H30O2. The molecule has 3 atom stereocenters. The fourth-order valence-electron chi connectivity index (χ4n) is 2.51. The zero-order chi connectivity index (χ0) is 14.0. The predicted molar refractivity (Wildman–Crippen MR) is 77.4 cm³/mol. The van der Waals surface area contributed by atoms with Gasteiger partial charge in [-0.1, -0.05) is 59.5 Å². The second-order valence-electron chi connectivity index (χ2n) is 5.48. The SMILES string of the molecule is C=CC(=O)OC.CCC1CCCCC(C)C(C)C1. The van der Waals surface area contributed by atoms with Crippen molar-refractivity contribution in [1.29, 1.82) is 0 Å². The van der Waals surface area contributed by atoms with Crippen LogP contribution in [0, 0.1) is 17.8 Å². The van der Waals surface area contributed by atoms with E-state index in [1.807, 2.05) is 0 Å². The van der Waals surface area contributed by atoms with Crippen molar-refractivity contribution in [2.24, 2.45) is 17.8 Å². The fourth-order valence-corrected chi connectivity index (χ4v) is 2.51. The van der Waals surface area contributed by atoms with Gasteiger partial charge in [0.25, 0.3) is 0 Å². The Kier molecular flexibility index (Phi) is 9.72. The molecule has 0 heterocycles. The number of methoxy groups -OCH3 is 1. The standard InChI is InChI=1S/C12H24.C4H6O2/c1-4-12-8-6-5-7-10(2)11(3)9-12;1-3-4(5)6-2/h10-12H,4-9H2,1-3H3;3H,1H2,2H3. The molecule has 0 aliphatic heterocycles. The summed E-state index contributed by atoms with van der Waals surface area (Å²) in [6, 6.07) is 0. The quantitative estimate of drug-likeness (QED) is 0.532. The molecule has 0 N–H and O–H groups in total. The number of hydrogen-bond donors (Lipinski definition) is 0.